The molecule has 1 aliphatic heterocycles. The van der Waals surface area contributed by atoms with Crippen molar-refractivity contribution in [2.45, 2.75) is 65.6 Å². The molecule has 0 saturated carbocycles. The van der Waals surface area contributed by atoms with Crippen LogP contribution in [0.15, 0.2) is 12.4 Å². The van der Waals surface area contributed by atoms with Crippen LogP contribution in [0.3, 0.4) is 0 Å². The van der Waals surface area contributed by atoms with Gasteiger partial charge in [-0.1, -0.05) is 0 Å². The number of carbonyl (C=O) groups excluding carboxylic acids is 2. The minimum atomic E-state index is -0.506. The second kappa shape index (κ2) is 10.3. The van der Waals surface area contributed by atoms with E-state index in [4.69, 9.17) is 4.74 Å². The van der Waals surface area contributed by atoms with E-state index in [2.05, 4.69) is 10.00 Å². The average molecular weight is 422 g/mol. The van der Waals surface area contributed by atoms with Gasteiger partial charge >= 0.3 is 6.09 Å². The van der Waals surface area contributed by atoms with E-state index < -0.39 is 5.60 Å². The first-order valence-corrected chi connectivity index (χ1v) is 10.9. The number of hydrogen-bond acceptors (Lipinski definition) is 5. The van der Waals surface area contributed by atoms with E-state index in [1.54, 1.807) is 15.8 Å². The molecular weight excluding hydrogens is 382 g/mol. The smallest absolute Gasteiger partial charge is 0.410 e. The molecule has 0 aromatic carbocycles. The van der Waals surface area contributed by atoms with Crippen LogP contribution in [-0.2, 0) is 23.1 Å². The van der Waals surface area contributed by atoms with E-state index in [1.807, 2.05) is 59.8 Å². The lowest BCUT2D eigenvalue weighted by atomic mass is 9.97. The normalized spacial score (nSPS) is 17.8. The molecule has 2 heterocycles. The van der Waals surface area contributed by atoms with Gasteiger partial charge in [0.15, 0.2) is 0 Å². The Kier molecular flexibility index (Phi) is 8.29. The molecule has 1 aromatic rings. The van der Waals surface area contributed by atoms with Crippen molar-refractivity contribution in [3.8, 4) is 0 Å². The Balaban J connectivity index is 1.88. The van der Waals surface area contributed by atoms with E-state index in [0.29, 0.717) is 25.6 Å². The second-order valence-corrected chi connectivity index (χ2v) is 9.74. The molecule has 0 aliphatic carbocycles. The Morgan fingerprint density at radius 1 is 1.33 bits per heavy atom. The highest BCUT2D eigenvalue weighted by Crippen LogP contribution is 2.21. The molecule has 170 valence electrons. The Labute approximate surface area is 181 Å². The SMILES string of the molecule is CC(C)N(CC1CCCN(CC(=O)N(C)Cc2cnn(C)c2)C1)C(=O)OC(C)(C)C. The molecule has 2 rings (SSSR count). The van der Waals surface area contributed by atoms with Crippen LogP contribution < -0.4 is 0 Å². The number of amides is 2. The third-order valence-corrected chi connectivity index (χ3v) is 5.27. The predicted octanol–water partition coefficient (Wildman–Crippen LogP) is 2.74. The minimum absolute atomic E-state index is 0.0717. The zero-order valence-corrected chi connectivity index (χ0v) is 19.7. The van der Waals surface area contributed by atoms with Crippen LogP contribution in [0.5, 0.6) is 0 Å². The summed E-state index contributed by atoms with van der Waals surface area (Å²) < 4.78 is 7.33. The molecule has 0 bridgehead atoms. The summed E-state index contributed by atoms with van der Waals surface area (Å²) in [6.07, 6.45) is 5.55. The van der Waals surface area contributed by atoms with Crippen LogP contribution in [0.2, 0.25) is 0 Å². The number of rotatable bonds is 7. The van der Waals surface area contributed by atoms with Crippen molar-refractivity contribution in [3.63, 3.8) is 0 Å². The first kappa shape index (κ1) is 24.2. The number of hydrogen-bond donors (Lipinski definition) is 0. The fourth-order valence-electron chi connectivity index (χ4n) is 3.77. The molecule has 1 aromatic heterocycles. The summed E-state index contributed by atoms with van der Waals surface area (Å²) in [5.74, 6) is 0.442. The van der Waals surface area contributed by atoms with Gasteiger partial charge in [0.1, 0.15) is 5.60 Å². The molecule has 1 fully saturated rings. The van der Waals surface area contributed by atoms with Gasteiger partial charge in [-0.15, -0.1) is 0 Å². The molecule has 0 spiro atoms. The van der Waals surface area contributed by atoms with Crippen LogP contribution in [0, 0.1) is 5.92 Å². The number of likely N-dealkylation sites (tertiary alicyclic amines) is 1. The third kappa shape index (κ3) is 7.63. The Bertz CT molecular complexity index is 710. The number of nitrogens with zero attached hydrogens (tertiary/aromatic N) is 5. The van der Waals surface area contributed by atoms with Gasteiger partial charge in [0, 0.05) is 51.5 Å². The standard InChI is InChI=1S/C22H39N5O3/c1-17(2)27(21(29)30-22(3,4)5)15-18-9-8-10-26(14-18)16-20(28)24(6)12-19-11-23-25(7)13-19/h11,13,17-18H,8-10,12,14-16H2,1-7H3. The summed E-state index contributed by atoms with van der Waals surface area (Å²) in [4.78, 5) is 31.1. The molecule has 1 atom stereocenters. The zero-order valence-electron chi connectivity index (χ0n) is 19.7. The number of aromatic nitrogens is 2. The van der Waals surface area contributed by atoms with Crippen LogP contribution in [-0.4, -0.2) is 81.4 Å². The van der Waals surface area contributed by atoms with E-state index in [0.717, 1.165) is 31.5 Å². The van der Waals surface area contributed by atoms with Crippen molar-refractivity contribution >= 4 is 12.0 Å². The lowest BCUT2D eigenvalue weighted by Gasteiger charge is -2.37. The molecule has 1 unspecified atom stereocenters. The van der Waals surface area contributed by atoms with Crippen molar-refractivity contribution < 1.29 is 14.3 Å². The maximum absolute atomic E-state index is 12.7. The minimum Gasteiger partial charge on any atom is -0.444 e. The topological polar surface area (TPSA) is 70.9 Å². The average Bonchev–Trinajstić information content (AvgIpc) is 3.02. The van der Waals surface area contributed by atoms with Gasteiger partial charge in [-0.05, 0) is 59.9 Å². The van der Waals surface area contributed by atoms with Gasteiger partial charge in [0.2, 0.25) is 5.91 Å². The number of ether oxygens (including phenoxy) is 1. The molecule has 1 saturated heterocycles. The zero-order chi connectivity index (χ0) is 22.5. The molecular formula is C22H39N5O3. The number of likely N-dealkylation sites (N-methyl/N-ethyl adjacent to an activating group) is 1. The van der Waals surface area contributed by atoms with Gasteiger partial charge in [-0.3, -0.25) is 14.4 Å². The summed E-state index contributed by atoms with van der Waals surface area (Å²) in [6, 6.07) is 0.0717. The lowest BCUT2D eigenvalue weighted by Crippen LogP contribution is -2.48. The van der Waals surface area contributed by atoms with Crippen molar-refractivity contribution in [2.24, 2.45) is 13.0 Å². The van der Waals surface area contributed by atoms with Crippen molar-refractivity contribution in [2.75, 3.05) is 33.2 Å². The van der Waals surface area contributed by atoms with Gasteiger partial charge in [0.05, 0.1) is 12.7 Å². The highest BCUT2D eigenvalue weighted by atomic mass is 16.6. The van der Waals surface area contributed by atoms with E-state index in [9.17, 15) is 9.59 Å². The van der Waals surface area contributed by atoms with Gasteiger partial charge in [-0.25, -0.2) is 4.79 Å². The largest absolute Gasteiger partial charge is 0.444 e. The maximum Gasteiger partial charge on any atom is 0.410 e. The summed E-state index contributed by atoms with van der Waals surface area (Å²) in [5.41, 5.74) is 0.517. The van der Waals surface area contributed by atoms with Crippen LogP contribution in [0.4, 0.5) is 4.79 Å². The van der Waals surface area contributed by atoms with E-state index in [-0.39, 0.29) is 18.0 Å². The first-order chi connectivity index (χ1) is 13.9. The fourth-order valence-corrected chi connectivity index (χ4v) is 3.77. The van der Waals surface area contributed by atoms with E-state index >= 15 is 0 Å². The number of piperidine rings is 1. The van der Waals surface area contributed by atoms with Crippen LogP contribution in [0.25, 0.3) is 0 Å². The predicted molar refractivity (Wildman–Crippen MR) is 117 cm³/mol. The van der Waals surface area contributed by atoms with Gasteiger partial charge in [-0.2, -0.15) is 5.10 Å². The third-order valence-electron chi connectivity index (χ3n) is 5.27. The molecule has 30 heavy (non-hydrogen) atoms. The highest BCUT2D eigenvalue weighted by Gasteiger charge is 2.29. The van der Waals surface area contributed by atoms with Crippen LogP contribution >= 0.6 is 0 Å². The van der Waals surface area contributed by atoms with Crippen molar-refractivity contribution in [1.29, 1.82) is 0 Å². The highest BCUT2D eigenvalue weighted by molar-refractivity contribution is 5.78. The number of aryl methyl sites for hydroxylation is 1. The molecule has 8 nitrogen and oxygen atoms in total. The van der Waals surface area contributed by atoms with E-state index in [1.165, 1.54) is 0 Å². The molecule has 2 amide bonds. The lowest BCUT2D eigenvalue weighted by molar-refractivity contribution is -0.132. The summed E-state index contributed by atoms with van der Waals surface area (Å²) in [5, 5.41) is 4.16. The van der Waals surface area contributed by atoms with Gasteiger partial charge < -0.3 is 14.5 Å². The van der Waals surface area contributed by atoms with Gasteiger partial charge in [0.25, 0.3) is 0 Å². The maximum atomic E-state index is 12.7. The van der Waals surface area contributed by atoms with Crippen molar-refractivity contribution in [3.05, 3.63) is 18.0 Å². The molecule has 8 heteroatoms. The molecule has 0 radical (unpaired) electrons. The number of carbonyl (C=O) groups is 2. The Morgan fingerprint density at radius 2 is 2.03 bits per heavy atom. The monoisotopic (exact) mass is 421 g/mol. The van der Waals surface area contributed by atoms with Crippen LogP contribution in [0.1, 0.15) is 53.0 Å². The second-order valence-electron chi connectivity index (χ2n) is 9.74. The fraction of sp³-hybridized carbons (Fsp3) is 0.773. The Hall–Kier alpha value is -2.09. The molecule has 1 aliphatic rings. The summed E-state index contributed by atoms with van der Waals surface area (Å²) in [6.45, 7) is 13.0. The Morgan fingerprint density at radius 3 is 2.60 bits per heavy atom. The quantitative estimate of drug-likeness (QED) is 0.677. The first-order valence-electron chi connectivity index (χ1n) is 10.9. The summed E-state index contributed by atoms with van der Waals surface area (Å²) >= 11 is 0. The molecule has 0 N–H and O–H groups in total. The van der Waals surface area contributed by atoms with Crippen molar-refractivity contribution in [1.82, 2.24) is 24.5 Å². The summed E-state index contributed by atoms with van der Waals surface area (Å²) in [7, 11) is 3.71.